The van der Waals surface area contributed by atoms with Crippen LogP contribution >= 0.6 is 12.2 Å². The highest BCUT2D eigenvalue weighted by molar-refractivity contribution is 7.80. The second kappa shape index (κ2) is 8.68. The van der Waals surface area contributed by atoms with Gasteiger partial charge in [-0.1, -0.05) is 0 Å². The van der Waals surface area contributed by atoms with Crippen molar-refractivity contribution in [1.82, 2.24) is 9.47 Å². The fraction of sp³-hybridized carbons (Fsp3) is 0.292. The second-order valence-corrected chi connectivity index (χ2v) is 8.93. The third kappa shape index (κ3) is 4.21. The van der Waals surface area contributed by atoms with E-state index in [-0.39, 0.29) is 22.8 Å². The van der Waals surface area contributed by atoms with Gasteiger partial charge in [-0.2, -0.15) is 0 Å². The Balaban J connectivity index is 1.37. The Labute approximate surface area is 199 Å². The number of fused-ring (bicyclic) bond motifs is 1. The highest BCUT2D eigenvalue weighted by Gasteiger charge is 2.28. The average Bonchev–Trinajstić information content (AvgIpc) is 3.66. The van der Waals surface area contributed by atoms with Crippen molar-refractivity contribution in [3.05, 3.63) is 70.0 Å². The summed E-state index contributed by atoms with van der Waals surface area (Å²) in [5.41, 5.74) is 0.591. The number of hydrogen-bond donors (Lipinski definition) is 2. The van der Waals surface area contributed by atoms with Gasteiger partial charge in [0.2, 0.25) is 5.43 Å². The fourth-order valence-corrected chi connectivity index (χ4v) is 4.59. The quantitative estimate of drug-likeness (QED) is 0.545. The maximum Gasteiger partial charge on any atom is 0.341 e. The molecule has 1 saturated carbocycles. The van der Waals surface area contributed by atoms with E-state index in [4.69, 9.17) is 12.2 Å². The lowest BCUT2D eigenvalue weighted by Crippen LogP contribution is -2.50. The van der Waals surface area contributed by atoms with E-state index >= 15 is 4.39 Å². The number of thiocarbonyl (C=S) groups is 1. The van der Waals surface area contributed by atoms with E-state index < -0.39 is 17.2 Å². The molecule has 0 spiro atoms. The number of nitrogens with zero attached hydrogens (tertiary/aromatic N) is 3. The van der Waals surface area contributed by atoms with Gasteiger partial charge in [-0.3, -0.25) is 4.79 Å². The van der Waals surface area contributed by atoms with Crippen LogP contribution in [-0.4, -0.2) is 51.8 Å². The number of anilines is 2. The molecule has 176 valence electrons. The summed E-state index contributed by atoms with van der Waals surface area (Å²) in [5, 5.41) is 13.1. The Bertz CT molecular complexity index is 1350. The lowest BCUT2D eigenvalue weighted by atomic mass is 10.1. The van der Waals surface area contributed by atoms with Crippen LogP contribution in [0.25, 0.3) is 10.9 Å². The van der Waals surface area contributed by atoms with Crippen molar-refractivity contribution in [2.45, 2.75) is 18.9 Å². The summed E-state index contributed by atoms with van der Waals surface area (Å²) in [5.74, 6) is -2.20. The Morgan fingerprint density at radius 3 is 2.35 bits per heavy atom. The van der Waals surface area contributed by atoms with E-state index in [9.17, 15) is 19.1 Å². The van der Waals surface area contributed by atoms with Gasteiger partial charge in [0.05, 0.1) is 11.2 Å². The number of carboxylic acids is 1. The van der Waals surface area contributed by atoms with Crippen molar-refractivity contribution < 1.29 is 18.7 Å². The van der Waals surface area contributed by atoms with Crippen LogP contribution in [-0.2, 0) is 0 Å². The highest BCUT2D eigenvalue weighted by atomic mass is 32.1. The van der Waals surface area contributed by atoms with E-state index in [0.29, 0.717) is 48.2 Å². The van der Waals surface area contributed by atoms with Crippen molar-refractivity contribution in [2.75, 3.05) is 36.4 Å². The third-order valence-electron chi connectivity index (χ3n) is 6.27. The number of aromatic nitrogens is 1. The van der Waals surface area contributed by atoms with Crippen LogP contribution < -0.4 is 15.6 Å². The summed E-state index contributed by atoms with van der Waals surface area (Å²) in [4.78, 5) is 28.1. The predicted molar refractivity (Wildman–Crippen MR) is 130 cm³/mol. The van der Waals surface area contributed by atoms with Gasteiger partial charge in [-0.25, -0.2) is 13.6 Å². The van der Waals surface area contributed by atoms with Crippen LogP contribution in [0, 0.1) is 11.6 Å². The summed E-state index contributed by atoms with van der Waals surface area (Å²) < 4.78 is 30.0. The number of benzene rings is 2. The number of halogens is 2. The van der Waals surface area contributed by atoms with Crippen molar-refractivity contribution in [1.29, 1.82) is 0 Å². The Hall–Kier alpha value is -3.53. The van der Waals surface area contributed by atoms with Crippen molar-refractivity contribution >= 4 is 45.6 Å². The first-order valence-electron chi connectivity index (χ1n) is 11.0. The first kappa shape index (κ1) is 22.3. The minimum atomic E-state index is -1.31. The lowest BCUT2D eigenvalue weighted by molar-refractivity contribution is 0.0695. The van der Waals surface area contributed by atoms with Crippen LogP contribution in [0.1, 0.15) is 29.2 Å². The molecule has 1 aliphatic heterocycles. The summed E-state index contributed by atoms with van der Waals surface area (Å²) in [6.45, 7) is 2.12. The van der Waals surface area contributed by atoms with E-state index in [1.807, 2.05) is 9.80 Å². The number of piperazine rings is 1. The number of carbonyl (C=O) groups is 1. The molecule has 34 heavy (non-hydrogen) atoms. The Morgan fingerprint density at radius 1 is 1.06 bits per heavy atom. The standard InChI is InChI=1S/C24H22F2N4O3S/c25-14-1-3-15(4-2-14)27-24(34)29-9-7-28(8-10-29)21-12-20-17(11-19(21)26)22(31)18(23(32)33)13-30(20)16-5-6-16/h1-4,11-13,16H,5-10H2,(H,27,34)(H,32,33). The number of nitrogens with one attached hydrogen (secondary N) is 1. The summed E-state index contributed by atoms with van der Waals surface area (Å²) in [6, 6.07) is 8.85. The molecule has 1 saturated heterocycles. The molecule has 3 aromatic rings. The smallest absolute Gasteiger partial charge is 0.341 e. The maximum absolute atomic E-state index is 15.1. The van der Waals surface area contributed by atoms with Gasteiger partial charge < -0.3 is 24.8 Å². The average molecular weight is 485 g/mol. The molecule has 0 unspecified atom stereocenters. The molecule has 2 N–H and O–H groups in total. The van der Waals surface area contributed by atoms with Gasteiger partial charge >= 0.3 is 5.97 Å². The molecular weight excluding hydrogens is 462 g/mol. The van der Waals surface area contributed by atoms with Crippen LogP contribution in [0.4, 0.5) is 20.2 Å². The molecule has 10 heteroatoms. The zero-order valence-electron chi connectivity index (χ0n) is 18.1. The number of carboxylic acid groups (broad SMARTS) is 1. The van der Waals surface area contributed by atoms with E-state index in [2.05, 4.69) is 5.32 Å². The summed E-state index contributed by atoms with van der Waals surface area (Å²) in [7, 11) is 0. The molecule has 2 fully saturated rings. The largest absolute Gasteiger partial charge is 0.477 e. The van der Waals surface area contributed by atoms with E-state index in [0.717, 1.165) is 18.9 Å². The molecule has 7 nitrogen and oxygen atoms in total. The molecule has 0 amide bonds. The number of rotatable bonds is 4. The number of hydrogen-bond acceptors (Lipinski definition) is 4. The summed E-state index contributed by atoms with van der Waals surface area (Å²) >= 11 is 5.48. The van der Waals surface area contributed by atoms with Gasteiger partial charge in [-0.05, 0) is 61.5 Å². The summed E-state index contributed by atoms with van der Waals surface area (Å²) in [6.07, 6.45) is 3.16. The Kier molecular flexibility index (Phi) is 5.68. The zero-order chi connectivity index (χ0) is 24.0. The topological polar surface area (TPSA) is 77.8 Å². The lowest BCUT2D eigenvalue weighted by Gasteiger charge is -2.37. The van der Waals surface area contributed by atoms with Gasteiger partial charge in [0.25, 0.3) is 0 Å². The minimum absolute atomic E-state index is 0.0800. The first-order chi connectivity index (χ1) is 16.3. The van der Waals surface area contributed by atoms with Crippen molar-refractivity contribution in [3.8, 4) is 0 Å². The minimum Gasteiger partial charge on any atom is -0.477 e. The monoisotopic (exact) mass is 484 g/mol. The SMILES string of the molecule is O=C(O)c1cn(C2CC2)c2cc(N3CCN(C(=S)Nc4ccc(F)cc4)CC3)c(F)cc2c1=O. The van der Waals surface area contributed by atoms with Crippen molar-refractivity contribution in [2.24, 2.45) is 0 Å². The Morgan fingerprint density at radius 2 is 1.74 bits per heavy atom. The maximum atomic E-state index is 15.1. The molecule has 0 radical (unpaired) electrons. The molecule has 2 heterocycles. The molecule has 1 aromatic heterocycles. The highest BCUT2D eigenvalue weighted by Crippen LogP contribution is 2.38. The fourth-order valence-electron chi connectivity index (χ4n) is 4.29. The molecule has 5 rings (SSSR count). The molecular formula is C24H22F2N4O3S. The number of pyridine rings is 1. The van der Waals surface area contributed by atoms with Crippen LogP contribution in [0.5, 0.6) is 0 Å². The van der Waals surface area contributed by atoms with Crippen LogP contribution in [0.15, 0.2) is 47.4 Å². The van der Waals surface area contributed by atoms with Gasteiger partial charge in [0, 0.05) is 49.5 Å². The normalized spacial score (nSPS) is 16.1. The zero-order valence-corrected chi connectivity index (χ0v) is 18.9. The van der Waals surface area contributed by atoms with Gasteiger partial charge in [0.1, 0.15) is 17.2 Å². The number of aromatic carboxylic acids is 1. The molecule has 0 atom stereocenters. The third-order valence-corrected chi connectivity index (χ3v) is 6.63. The first-order valence-corrected chi connectivity index (χ1v) is 11.4. The van der Waals surface area contributed by atoms with Crippen LogP contribution in [0.3, 0.4) is 0 Å². The molecule has 1 aliphatic carbocycles. The molecule has 2 aliphatic rings. The van der Waals surface area contributed by atoms with Gasteiger partial charge in [-0.15, -0.1) is 0 Å². The molecule has 2 aromatic carbocycles. The van der Waals surface area contributed by atoms with E-state index in [1.165, 1.54) is 18.3 Å². The predicted octanol–water partition coefficient (Wildman–Crippen LogP) is 3.83. The van der Waals surface area contributed by atoms with Crippen LogP contribution in [0.2, 0.25) is 0 Å². The second-order valence-electron chi connectivity index (χ2n) is 8.55. The van der Waals surface area contributed by atoms with E-state index in [1.54, 1.807) is 22.8 Å². The van der Waals surface area contributed by atoms with Gasteiger partial charge in [0.15, 0.2) is 5.11 Å². The van der Waals surface area contributed by atoms with Crippen molar-refractivity contribution in [3.63, 3.8) is 0 Å². The molecule has 0 bridgehead atoms.